The second-order valence-electron chi connectivity index (χ2n) is 2.52. The highest BCUT2D eigenvalue weighted by molar-refractivity contribution is 7.80. The van der Waals surface area contributed by atoms with Gasteiger partial charge in [0, 0.05) is 6.42 Å². The van der Waals surface area contributed by atoms with Crippen molar-refractivity contribution in [3.63, 3.8) is 0 Å². The molecule has 7 nitrogen and oxygen atoms in total. The summed E-state index contributed by atoms with van der Waals surface area (Å²) in [4.78, 5) is 14.2. The molecule has 0 heterocycles. The number of carboxylic acids is 1. The predicted octanol–water partition coefficient (Wildman–Crippen LogP) is 0.382. The first kappa shape index (κ1) is 13.3. The SMILES string of the molecule is O=C(O)CCCCCOOS(=O)(=O)O. The third-order valence-corrected chi connectivity index (χ3v) is 1.52. The Hall–Kier alpha value is -0.700. The first-order valence-electron chi connectivity index (χ1n) is 3.92. The van der Waals surface area contributed by atoms with Crippen LogP contribution in [-0.2, 0) is 24.4 Å². The lowest BCUT2D eigenvalue weighted by molar-refractivity contribution is -0.208. The van der Waals surface area contributed by atoms with Crippen LogP contribution < -0.4 is 0 Å². The van der Waals surface area contributed by atoms with Crippen LogP contribution in [0.25, 0.3) is 0 Å². The zero-order valence-corrected chi connectivity index (χ0v) is 8.20. The third-order valence-electron chi connectivity index (χ3n) is 1.25. The van der Waals surface area contributed by atoms with E-state index in [0.29, 0.717) is 19.3 Å². The van der Waals surface area contributed by atoms with E-state index in [2.05, 4.69) is 9.22 Å². The number of rotatable bonds is 8. The van der Waals surface area contributed by atoms with Crippen LogP contribution >= 0.6 is 0 Å². The summed E-state index contributed by atoms with van der Waals surface area (Å²) in [5.74, 6) is -0.875. The van der Waals surface area contributed by atoms with Gasteiger partial charge in [-0.15, -0.1) is 0 Å². The molecule has 0 rings (SSSR count). The Labute approximate surface area is 81.5 Å². The van der Waals surface area contributed by atoms with Gasteiger partial charge in [0.05, 0.1) is 6.61 Å². The normalized spacial score (nSPS) is 11.5. The Balaban J connectivity index is 3.19. The second kappa shape index (κ2) is 6.71. The summed E-state index contributed by atoms with van der Waals surface area (Å²) in [7, 11) is -4.55. The minimum absolute atomic E-state index is 0.0145. The van der Waals surface area contributed by atoms with Crippen LogP contribution in [-0.4, -0.2) is 30.7 Å². The minimum Gasteiger partial charge on any atom is -0.481 e. The molecule has 8 heteroatoms. The molecule has 0 aromatic rings. The van der Waals surface area contributed by atoms with Crippen LogP contribution in [0.15, 0.2) is 0 Å². The summed E-state index contributed by atoms with van der Waals surface area (Å²) >= 11 is 0. The first-order valence-corrected chi connectivity index (χ1v) is 5.28. The van der Waals surface area contributed by atoms with E-state index in [0.717, 1.165) is 0 Å². The van der Waals surface area contributed by atoms with Gasteiger partial charge in [-0.3, -0.25) is 9.35 Å². The van der Waals surface area contributed by atoms with Crippen molar-refractivity contribution in [3.05, 3.63) is 0 Å². The van der Waals surface area contributed by atoms with E-state index in [1.165, 1.54) is 0 Å². The molecule has 14 heavy (non-hydrogen) atoms. The van der Waals surface area contributed by atoms with Crippen molar-refractivity contribution in [1.82, 2.24) is 0 Å². The van der Waals surface area contributed by atoms with E-state index in [1.54, 1.807) is 0 Å². The molecule has 0 saturated heterocycles. The first-order chi connectivity index (χ1) is 6.42. The van der Waals surface area contributed by atoms with Crippen LogP contribution in [0.3, 0.4) is 0 Å². The molecule has 0 aliphatic carbocycles. The van der Waals surface area contributed by atoms with Crippen molar-refractivity contribution in [1.29, 1.82) is 0 Å². The lowest BCUT2D eigenvalue weighted by Crippen LogP contribution is -2.05. The maximum Gasteiger partial charge on any atom is 0.424 e. The summed E-state index contributed by atoms with van der Waals surface area (Å²) in [5.41, 5.74) is 0. The molecular weight excluding hydrogens is 216 g/mol. The smallest absolute Gasteiger partial charge is 0.424 e. The molecule has 0 bridgehead atoms. The standard InChI is InChI=1S/C6H12O7S/c7-6(8)4-2-1-3-5-12-13-14(9,10)11/h1-5H2,(H,7,8)(H,9,10,11). The van der Waals surface area contributed by atoms with Crippen molar-refractivity contribution in [2.24, 2.45) is 0 Å². The Morgan fingerprint density at radius 3 is 2.36 bits per heavy atom. The molecule has 84 valence electrons. The molecule has 0 saturated carbocycles. The van der Waals surface area contributed by atoms with Crippen molar-refractivity contribution >= 4 is 16.4 Å². The van der Waals surface area contributed by atoms with E-state index in [4.69, 9.17) is 9.66 Å². The quantitative estimate of drug-likeness (QED) is 0.267. The highest BCUT2D eigenvalue weighted by Crippen LogP contribution is 2.00. The molecule has 2 N–H and O–H groups in total. The molecule has 0 aromatic carbocycles. The van der Waals surface area contributed by atoms with Gasteiger partial charge < -0.3 is 5.11 Å². The molecule has 0 radical (unpaired) electrons. The number of hydrogen-bond acceptors (Lipinski definition) is 5. The number of carbonyl (C=O) groups is 1. The highest BCUT2D eigenvalue weighted by atomic mass is 32.3. The number of aliphatic carboxylic acids is 1. The lowest BCUT2D eigenvalue weighted by Gasteiger charge is -1.99. The van der Waals surface area contributed by atoms with Gasteiger partial charge in [0.15, 0.2) is 0 Å². The minimum atomic E-state index is -4.55. The fourth-order valence-electron chi connectivity index (χ4n) is 0.709. The molecule has 0 aromatic heterocycles. The maximum atomic E-state index is 10.1. The van der Waals surface area contributed by atoms with Gasteiger partial charge >= 0.3 is 16.4 Å². The van der Waals surface area contributed by atoms with Crippen molar-refractivity contribution in [2.75, 3.05) is 6.61 Å². The zero-order valence-electron chi connectivity index (χ0n) is 7.38. The third kappa shape index (κ3) is 11.3. The number of unbranched alkanes of at least 4 members (excludes halogenated alkanes) is 2. The summed E-state index contributed by atoms with van der Waals surface area (Å²) in [6.45, 7) is -0.0145. The summed E-state index contributed by atoms with van der Waals surface area (Å²) < 4.78 is 31.5. The summed E-state index contributed by atoms with van der Waals surface area (Å²) in [6.07, 6.45) is 1.60. The average molecular weight is 228 g/mol. The molecule has 0 atom stereocenters. The van der Waals surface area contributed by atoms with Crippen LogP contribution in [0.2, 0.25) is 0 Å². The van der Waals surface area contributed by atoms with Gasteiger partial charge in [0.2, 0.25) is 0 Å². The van der Waals surface area contributed by atoms with E-state index in [9.17, 15) is 13.2 Å². The molecule has 0 unspecified atom stereocenters. The Morgan fingerprint density at radius 2 is 1.86 bits per heavy atom. The van der Waals surface area contributed by atoms with Gasteiger partial charge in [-0.1, -0.05) is 10.8 Å². The largest absolute Gasteiger partial charge is 0.481 e. The fourth-order valence-corrected chi connectivity index (χ4v) is 0.898. The van der Waals surface area contributed by atoms with E-state index >= 15 is 0 Å². The van der Waals surface area contributed by atoms with Crippen molar-refractivity contribution < 1.29 is 32.1 Å². The zero-order chi connectivity index (χ0) is 11.0. The van der Waals surface area contributed by atoms with Gasteiger partial charge in [-0.2, -0.15) is 8.42 Å². The van der Waals surface area contributed by atoms with E-state index in [-0.39, 0.29) is 13.0 Å². The Kier molecular flexibility index (Phi) is 6.37. The Bertz CT molecular complexity index is 257. The van der Waals surface area contributed by atoms with E-state index < -0.39 is 16.4 Å². The Morgan fingerprint density at radius 1 is 1.21 bits per heavy atom. The van der Waals surface area contributed by atoms with Crippen LogP contribution in [0.4, 0.5) is 0 Å². The number of carboxylic acid groups (broad SMARTS) is 1. The molecule has 0 spiro atoms. The molecule has 0 aliphatic rings. The predicted molar refractivity (Wildman–Crippen MR) is 44.7 cm³/mol. The van der Waals surface area contributed by atoms with Crippen molar-refractivity contribution in [2.45, 2.75) is 25.7 Å². The topological polar surface area (TPSA) is 110 Å². The highest BCUT2D eigenvalue weighted by Gasteiger charge is 2.04. The summed E-state index contributed by atoms with van der Waals surface area (Å²) in [6, 6.07) is 0. The molecule has 0 amide bonds. The lowest BCUT2D eigenvalue weighted by atomic mass is 10.2. The average Bonchev–Trinajstić information content (AvgIpc) is 2.00. The summed E-state index contributed by atoms with van der Waals surface area (Å²) in [5, 5.41) is 8.25. The van der Waals surface area contributed by atoms with Gasteiger partial charge in [0.25, 0.3) is 0 Å². The van der Waals surface area contributed by atoms with Gasteiger partial charge in [-0.25, -0.2) is 4.89 Å². The van der Waals surface area contributed by atoms with Crippen LogP contribution in [0, 0.1) is 0 Å². The van der Waals surface area contributed by atoms with Crippen LogP contribution in [0.1, 0.15) is 25.7 Å². The molecule has 0 aliphatic heterocycles. The van der Waals surface area contributed by atoms with Crippen molar-refractivity contribution in [3.8, 4) is 0 Å². The van der Waals surface area contributed by atoms with E-state index in [1.807, 2.05) is 0 Å². The van der Waals surface area contributed by atoms with Gasteiger partial charge in [-0.05, 0) is 12.8 Å². The second-order valence-corrected chi connectivity index (χ2v) is 3.51. The fraction of sp³-hybridized carbons (Fsp3) is 0.833. The monoisotopic (exact) mass is 228 g/mol. The van der Waals surface area contributed by atoms with Crippen LogP contribution in [0.5, 0.6) is 0 Å². The number of hydrogen-bond donors (Lipinski definition) is 2. The molecular formula is C6H12O7S. The molecule has 0 fully saturated rings. The van der Waals surface area contributed by atoms with Gasteiger partial charge in [0.1, 0.15) is 0 Å². The maximum absolute atomic E-state index is 10.1.